The second-order valence-electron chi connectivity index (χ2n) is 2.88. The first-order valence-corrected chi connectivity index (χ1v) is 4.38. The quantitative estimate of drug-likeness (QED) is 0.437. The van der Waals surface area contributed by atoms with E-state index in [2.05, 4.69) is 5.32 Å². The molecule has 5 heteroatoms. The number of amides is 2. The molecule has 0 rings (SSSR count). The average Bonchev–Trinajstić information content (AvgIpc) is 2.11. The van der Waals surface area contributed by atoms with Gasteiger partial charge >= 0.3 is 6.03 Å². The highest BCUT2D eigenvalue weighted by Crippen LogP contribution is 1.92. The molecule has 0 saturated heterocycles. The van der Waals surface area contributed by atoms with Crippen LogP contribution in [0.3, 0.4) is 0 Å². The molecule has 0 heterocycles. The lowest BCUT2D eigenvalue weighted by atomic mass is 10.2. The van der Waals surface area contributed by atoms with Gasteiger partial charge in [-0.25, -0.2) is 4.79 Å². The zero-order valence-electron chi connectivity index (χ0n) is 8.42. The fourth-order valence-electron chi connectivity index (χ4n) is 0.803. The summed E-state index contributed by atoms with van der Waals surface area (Å²) in [7, 11) is 1.70. The molecule has 13 heavy (non-hydrogen) atoms. The molecule has 1 unspecified atom stereocenters. The smallest absolute Gasteiger partial charge is 0.317 e. The van der Waals surface area contributed by atoms with Gasteiger partial charge in [-0.3, -0.25) is 5.41 Å². The molecule has 1 atom stereocenters. The summed E-state index contributed by atoms with van der Waals surface area (Å²) in [6.45, 7) is 4.40. The summed E-state index contributed by atoms with van der Waals surface area (Å²) in [5.74, 6) is 0.000327. The van der Waals surface area contributed by atoms with E-state index in [-0.39, 0.29) is 17.9 Å². The van der Waals surface area contributed by atoms with Crippen LogP contribution < -0.4 is 11.1 Å². The average molecular weight is 186 g/mol. The Morgan fingerprint density at radius 1 is 1.62 bits per heavy atom. The third-order valence-corrected chi connectivity index (χ3v) is 1.90. The minimum Gasteiger partial charge on any atom is -0.386 e. The Bertz CT molecular complexity index is 193. The normalized spacial score (nSPS) is 11.9. The third kappa shape index (κ3) is 3.78. The Labute approximate surface area is 78.8 Å². The number of nitrogens with one attached hydrogen (secondary N) is 2. The van der Waals surface area contributed by atoms with Crippen LogP contribution in [0.15, 0.2) is 0 Å². The Balaban J connectivity index is 4.09. The molecule has 0 radical (unpaired) electrons. The van der Waals surface area contributed by atoms with Gasteiger partial charge < -0.3 is 16.0 Å². The predicted molar refractivity (Wildman–Crippen MR) is 52.8 cm³/mol. The lowest BCUT2D eigenvalue weighted by Gasteiger charge is -2.20. The monoisotopic (exact) mass is 186 g/mol. The molecule has 0 saturated carbocycles. The summed E-state index contributed by atoms with van der Waals surface area (Å²) in [4.78, 5) is 12.8. The Morgan fingerprint density at radius 2 is 2.15 bits per heavy atom. The third-order valence-electron chi connectivity index (χ3n) is 1.90. The number of amidine groups is 1. The van der Waals surface area contributed by atoms with Gasteiger partial charge in [0.2, 0.25) is 0 Å². The van der Waals surface area contributed by atoms with E-state index in [4.69, 9.17) is 11.1 Å². The second kappa shape index (κ2) is 5.40. The Kier molecular flexibility index (Phi) is 4.87. The Hall–Kier alpha value is -1.26. The Morgan fingerprint density at radius 3 is 2.46 bits per heavy atom. The summed E-state index contributed by atoms with van der Waals surface area (Å²) >= 11 is 0. The van der Waals surface area contributed by atoms with Gasteiger partial charge in [0.1, 0.15) is 5.84 Å². The number of hydrogen-bond donors (Lipinski definition) is 3. The molecule has 0 aromatic rings. The zero-order valence-corrected chi connectivity index (χ0v) is 8.42. The van der Waals surface area contributed by atoms with Crippen LogP contribution >= 0.6 is 0 Å². The lowest BCUT2D eigenvalue weighted by molar-refractivity contribution is 0.209. The van der Waals surface area contributed by atoms with Crippen molar-refractivity contribution in [1.29, 1.82) is 5.41 Å². The van der Waals surface area contributed by atoms with Gasteiger partial charge in [0.15, 0.2) is 0 Å². The number of nitrogens with two attached hydrogens (primary N) is 1. The first kappa shape index (κ1) is 11.7. The van der Waals surface area contributed by atoms with Crippen molar-refractivity contribution in [2.45, 2.75) is 26.3 Å². The molecule has 4 N–H and O–H groups in total. The molecule has 2 amide bonds. The van der Waals surface area contributed by atoms with Crippen LogP contribution in [0.25, 0.3) is 0 Å². The van der Waals surface area contributed by atoms with Crippen molar-refractivity contribution in [1.82, 2.24) is 10.2 Å². The van der Waals surface area contributed by atoms with E-state index >= 15 is 0 Å². The summed E-state index contributed by atoms with van der Waals surface area (Å²) in [6, 6.07) is -0.536. The zero-order chi connectivity index (χ0) is 10.4. The van der Waals surface area contributed by atoms with Crippen LogP contribution in [0, 0.1) is 5.41 Å². The summed E-state index contributed by atoms with van der Waals surface area (Å²) in [5, 5.41) is 9.84. The molecule has 0 spiro atoms. The van der Waals surface area contributed by atoms with E-state index < -0.39 is 0 Å². The largest absolute Gasteiger partial charge is 0.386 e. The van der Waals surface area contributed by atoms with Crippen LogP contribution in [0.4, 0.5) is 4.79 Å². The van der Waals surface area contributed by atoms with E-state index in [9.17, 15) is 4.79 Å². The van der Waals surface area contributed by atoms with Gasteiger partial charge in [-0.05, 0) is 13.3 Å². The van der Waals surface area contributed by atoms with Gasteiger partial charge in [0.05, 0.1) is 6.04 Å². The van der Waals surface area contributed by atoms with Crippen molar-refractivity contribution in [2.75, 3.05) is 13.6 Å². The predicted octanol–water partition coefficient (Wildman–Crippen LogP) is 0.362. The van der Waals surface area contributed by atoms with E-state index in [0.29, 0.717) is 13.0 Å². The SMILES string of the molecule is CCC(NC(=O)N(C)CC)C(=N)N. The number of nitrogens with zero attached hydrogens (tertiary/aromatic N) is 1. The molecule has 76 valence electrons. The van der Waals surface area contributed by atoms with E-state index in [0.717, 1.165) is 0 Å². The number of carbonyl (C=O) groups excluding carboxylic acids is 1. The molecule has 0 aliphatic carbocycles. The van der Waals surface area contributed by atoms with Crippen molar-refractivity contribution in [3.05, 3.63) is 0 Å². The van der Waals surface area contributed by atoms with Crippen molar-refractivity contribution in [3.8, 4) is 0 Å². The highest BCUT2D eigenvalue weighted by molar-refractivity contribution is 5.87. The van der Waals surface area contributed by atoms with Gasteiger partial charge in [0, 0.05) is 13.6 Å². The first-order chi connectivity index (χ1) is 6.02. The van der Waals surface area contributed by atoms with Crippen LogP contribution in [0.5, 0.6) is 0 Å². The molecular formula is C8H18N4O. The van der Waals surface area contributed by atoms with Crippen molar-refractivity contribution >= 4 is 11.9 Å². The second-order valence-corrected chi connectivity index (χ2v) is 2.88. The summed E-state index contributed by atoms with van der Waals surface area (Å²) in [5.41, 5.74) is 5.29. The molecule has 5 nitrogen and oxygen atoms in total. The van der Waals surface area contributed by atoms with E-state index in [1.807, 2.05) is 13.8 Å². The maximum atomic E-state index is 11.3. The highest BCUT2D eigenvalue weighted by atomic mass is 16.2. The van der Waals surface area contributed by atoms with Gasteiger partial charge in [-0.15, -0.1) is 0 Å². The fraction of sp³-hybridized carbons (Fsp3) is 0.750. The lowest BCUT2D eigenvalue weighted by Crippen LogP contribution is -2.48. The molecule has 0 fully saturated rings. The fourth-order valence-corrected chi connectivity index (χ4v) is 0.803. The topological polar surface area (TPSA) is 82.2 Å². The van der Waals surface area contributed by atoms with Gasteiger partial charge in [0.25, 0.3) is 0 Å². The number of urea groups is 1. The standard InChI is InChI=1S/C8H18N4O/c1-4-6(7(9)10)11-8(13)12(3)5-2/h6H,4-5H2,1-3H3,(H3,9,10)(H,11,13). The van der Waals surface area contributed by atoms with Crippen LogP contribution in [0.2, 0.25) is 0 Å². The number of hydrogen-bond acceptors (Lipinski definition) is 2. The highest BCUT2D eigenvalue weighted by Gasteiger charge is 2.14. The van der Waals surface area contributed by atoms with Gasteiger partial charge in [-0.1, -0.05) is 6.92 Å². The van der Waals surface area contributed by atoms with E-state index in [1.54, 1.807) is 7.05 Å². The van der Waals surface area contributed by atoms with Crippen molar-refractivity contribution < 1.29 is 4.79 Å². The first-order valence-electron chi connectivity index (χ1n) is 4.38. The molecule has 0 aliphatic heterocycles. The van der Waals surface area contributed by atoms with Crippen molar-refractivity contribution in [3.63, 3.8) is 0 Å². The van der Waals surface area contributed by atoms with Crippen LogP contribution in [0.1, 0.15) is 20.3 Å². The maximum Gasteiger partial charge on any atom is 0.317 e. The summed E-state index contributed by atoms with van der Waals surface area (Å²) in [6.07, 6.45) is 0.638. The number of rotatable bonds is 4. The molecular weight excluding hydrogens is 168 g/mol. The minimum atomic E-state index is -0.346. The molecule has 0 aromatic carbocycles. The van der Waals surface area contributed by atoms with Gasteiger partial charge in [-0.2, -0.15) is 0 Å². The minimum absolute atomic E-state index is 0.000327. The van der Waals surface area contributed by atoms with Crippen LogP contribution in [-0.2, 0) is 0 Å². The maximum absolute atomic E-state index is 11.3. The van der Waals surface area contributed by atoms with Crippen molar-refractivity contribution in [2.24, 2.45) is 5.73 Å². The van der Waals surface area contributed by atoms with E-state index in [1.165, 1.54) is 4.90 Å². The molecule has 0 aromatic heterocycles. The van der Waals surface area contributed by atoms with Crippen LogP contribution in [-0.4, -0.2) is 36.4 Å². The molecule has 0 aliphatic rings. The molecule has 0 bridgehead atoms. The summed E-state index contributed by atoms with van der Waals surface area (Å²) < 4.78 is 0. The number of carbonyl (C=O) groups is 1.